The van der Waals surface area contributed by atoms with Gasteiger partial charge in [0.25, 0.3) is 0 Å². The molecule has 1 aliphatic heterocycles. The first-order valence-electron chi connectivity index (χ1n) is 4.52. The van der Waals surface area contributed by atoms with Crippen LogP contribution in [0.5, 0.6) is 0 Å². The fourth-order valence-electron chi connectivity index (χ4n) is 1.33. The Labute approximate surface area is 82.6 Å². The third kappa shape index (κ3) is 2.51. The first-order chi connectivity index (χ1) is 6.33. The Morgan fingerprint density at radius 2 is 2.07 bits per heavy atom. The Balaban J connectivity index is 2.55. The van der Waals surface area contributed by atoms with Crippen LogP contribution < -0.4 is 0 Å². The predicted octanol–water partition coefficient (Wildman–Crippen LogP) is -0.551. The van der Waals surface area contributed by atoms with Crippen molar-refractivity contribution < 1.29 is 24.5 Å². The highest BCUT2D eigenvalue weighted by Gasteiger charge is 2.40. The van der Waals surface area contributed by atoms with E-state index in [-0.39, 0.29) is 6.61 Å². The van der Waals surface area contributed by atoms with Gasteiger partial charge in [0.2, 0.25) is 0 Å². The highest BCUT2D eigenvalue weighted by molar-refractivity contribution is 5.80. The van der Waals surface area contributed by atoms with E-state index in [1.165, 1.54) is 6.92 Å². The second-order valence-corrected chi connectivity index (χ2v) is 3.91. The molecular formula is C9H16O5. The lowest BCUT2D eigenvalue weighted by molar-refractivity contribution is -0.164. The number of ketones is 1. The molecule has 0 radical (unpaired) electrons. The van der Waals surface area contributed by atoms with Gasteiger partial charge in [-0.3, -0.25) is 4.79 Å². The van der Waals surface area contributed by atoms with Crippen molar-refractivity contribution in [2.24, 2.45) is 0 Å². The van der Waals surface area contributed by atoms with Crippen molar-refractivity contribution in [1.29, 1.82) is 0 Å². The molecule has 0 aliphatic carbocycles. The molecule has 0 aromatic rings. The van der Waals surface area contributed by atoms with Crippen LogP contribution >= 0.6 is 0 Å². The zero-order valence-electron chi connectivity index (χ0n) is 8.56. The van der Waals surface area contributed by atoms with Crippen LogP contribution in [-0.2, 0) is 14.3 Å². The van der Waals surface area contributed by atoms with Crippen molar-refractivity contribution in [3.63, 3.8) is 0 Å². The first kappa shape index (κ1) is 11.6. The summed E-state index contributed by atoms with van der Waals surface area (Å²) in [6.45, 7) is 4.81. The van der Waals surface area contributed by atoms with Gasteiger partial charge in [0.05, 0.1) is 6.61 Å². The molecule has 0 unspecified atom stereocenters. The number of rotatable bonds is 3. The van der Waals surface area contributed by atoms with E-state index in [0.717, 1.165) is 0 Å². The summed E-state index contributed by atoms with van der Waals surface area (Å²) in [5, 5.41) is 18.8. The van der Waals surface area contributed by atoms with Gasteiger partial charge >= 0.3 is 0 Å². The highest BCUT2D eigenvalue weighted by atomic mass is 16.7. The summed E-state index contributed by atoms with van der Waals surface area (Å²) in [6, 6.07) is 0. The number of ether oxygens (including phenoxy) is 2. The van der Waals surface area contributed by atoms with Crippen LogP contribution in [0.25, 0.3) is 0 Å². The topological polar surface area (TPSA) is 76.0 Å². The molecule has 5 nitrogen and oxygen atoms in total. The lowest BCUT2D eigenvalue weighted by Gasteiger charge is -2.22. The second kappa shape index (κ2) is 3.94. The molecule has 2 N–H and O–H groups in total. The third-order valence-corrected chi connectivity index (χ3v) is 2.15. The van der Waals surface area contributed by atoms with Crippen molar-refractivity contribution >= 4 is 5.78 Å². The fraction of sp³-hybridized carbons (Fsp3) is 0.889. The molecule has 0 spiro atoms. The molecule has 1 aliphatic rings. The maximum absolute atomic E-state index is 10.8. The molecule has 3 atom stereocenters. The van der Waals surface area contributed by atoms with E-state index in [1.807, 2.05) is 0 Å². The summed E-state index contributed by atoms with van der Waals surface area (Å²) in [5.41, 5.74) is 0. The number of aliphatic hydroxyl groups is 2. The zero-order valence-corrected chi connectivity index (χ0v) is 8.56. The lowest BCUT2D eigenvalue weighted by Crippen LogP contribution is -2.43. The van der Waals surface area contributed by atoms with Gasteiger partial charge < -0.3 is 19.7 Å². The number of Topliss-reactive ketones (excluding diaryl/α,β-unsaturated/α-hetero) is 1. The van der Waals surface area contributed by atoms with E-state index in [4.69, 9.17) is 9.47 Å². The molecule has 1 fully saturated rings. The number of carbonyl (C=O) groups is 1. The van der Waals surface area contributed by atoms with Crippen LogP contribution in [0, 0.1) is 0 Å². The molecule has 5 heteroatoms. The minimum atomic E-state index is -1.41. The summed E-state index contributed by atoms with van der Waals surface area (Å²) in [6.07, 6.45) is -3.28. The van der Waals surface area contributed by atoms with E-state index in [2.05, 4.69) is 0 Å². The Bertz CT molecular complexity index is 225. The van der Waals surface area contributed by atoms with Crippen molar-refractivity contribution in [2.45, 2.75) is 44.9 Å². The SMILES string of the molecule is CC(=O)[C@@H](O)[C@H](O)[C@H]1COC(C)(C)O1. The normalized spacial score (nSPS) is 29.9. The largest absolute Gasteiger partial charge is 0.387 e. The first-order valence-corrected chi connectivity index (χ1v) is 4.52. The quantitative estimate of drug-likeness (QED) is 0.645. The lowest BCUT2D eigenvalue weighted by atomic mass is 10.1. The Morgan fingerprint density at radius 1 is 1.50 bits per heavy atom. The summed E-state index contributed by atoms with van der Waals surface area (Å²) in [4.78, 5) is 10.8. The van der Waals surface area contributed by atoms with Gasteiger partial charge in [-0.1, -0.05) is 0 Å². The van der Waals surface area contributed by atoms with Gasteiger partial charge in [-0.05, 0) is 20.8 Å². The number of hydrogen-bond donors (Lipinski definition) is 2. The third-order valence-electron chi connectivity index (χ3n) is 2.15. The predicted molar refractivity (Wildman–Crippen MR) is 47.6 cm³/mol. The second-order valence-electron chi connectivity index (χ2n) is 3.91. The van der Waals surface area contributed by atoms with Gasteiger partial charge in [-0.25, -0.2) is 0 Å². The number of carbonyl (C=O) groups excluding carboxylic acids is 1. The van der Waals surface area contributed by atoms with Crippen LogP contribution in [0.3, 0.4) is 0 Å². The van der Waals surface area contributed by atoms with Crippen LogP contribution in [0.1, 0.15) is 20.8 Å². The minimum absolute atomic E-state index is 0.179. The number of aliphatic hydroxyl groups excluding tert-OH is 2. The molecule has 14 heavy (non-hydrogen) atoms. The van der Waals surface area contributed by atoms with Crippen molar-refractivity contribution in [3.8, 4) is 0 Å². The molecule has 0 aromatic carbocycles. The molecule has 0 amide bonds. The Hall–Kier alpha value is -0.490. The van der Waals surface area contributed by atoms with Crippen LogP contribution in [0.4, 0.5) is 0 Å². The maximum Gasteiger partial charge on any atom is 0.163 e. The van der Waals surface area contributed by atoms with Crippen molar-refractivity contribution in [3.05, 3.63) is 0 Å². The smallest absolute Gasteiger partial charge is 0.163 e. The summed E-state index contributed by atoms with van der Waals surface area (Å²) >= 11 is 0. The van der Waals surface area contributed by atoms with E-state index < -0.39 is 29.9 Å². The van der Waals surface area contributed by atoms with Crippen LogP contribution in [0.15, 0.2) is 0 Å². The summed E-state index contributed by atoms with van der Waals surface area (Å²) < 4.78 is 10.5. The van der Waals surface area contributed by atoms with Crippen molar-refractivity contribution in [1.82, 2.24) is 0 Å². The van der Waals surface area contributed by atoms with Gasteiger partial charge in [-0.2, -0.15) is 0 Å². The maximum atomic E-state index is 10.8. The molecular weight excluding hydrogens is 188 g/mol. The molecule has 1 heterocycles. The van der Waals surface area contributed by atoms with Crippen LogP contribution in [-0.4, -0.2) is 46.7 Å². The molecule has 82 valence electrons. The molecule has 1 saturated heterocycles. The highest BCUT2D eigenvalue weighted by Crippen LogP contribution is 2.25. The monoisotopic (exact) mass is 204 g/mol. The average molecular weight is 204 g/mol. The average Bonchev–Trinajstić information content (AvgIpc) is 2.43. The standard InChI is InChI=1S/C9H16O5/c1-5(10)7(11)8(12)6-4-13-9(2,3)14-6/h6-8,11-12H,4H2,1-3H3/t6-,7-,8-/m1/s1. The Kier molecular flexibility index (Phi) is 3.26. The van der Waals surface area contributed by atoms with E-state index in [9.17, 15) is 15.0 Å². The molecule has 0 saturated carbocycles. The molecule has 0 aromatic heterocycles. The summed E-state index contributed by atoms with van der Waals surface area (Å²) in [5.74, 6) is -1.24. The molecule has 1 rings (SSSR count). The van der Waals surface area contributed by atoms with Gasteiger partial charge in [0.15, 0.2) is 11.6 Å². The Morgan fingerprint density at radius 3 is 2.43 bits per heavy atom. The fourth-order valence-corrected chi connectivity index (χ4v) is 1.33. The van der Waals surface area contributed by atoms with Gasteiger partial charge in [0.1, 0.15) is 18.3 Å². The zero-order chi connectivity index (χ0) is 10.9. The minimum Gasteiger partial charge on any atom is -0.387 e. The molecule has 0 bridgehead atoms. The number of hydrogen-bond acceptors (Lipinski definition) is 5. The van der Waals surface area contributed by atoms with Crippen molar-refractivity contribution in [2.75, 3.05) is 6.61 Å². The van der Waals surface area contributed by atoms with Gasteiger partial charge in [0, 0.05) is 0 Å². The van der Waals surface area contributed by atoms with Crippen LogP contribution in [0.2, 0.25) is 0 Å². The van der Waals surface area contributed by atoms with Gasteiger partial charge in [-0.15, -0.1) is 0 Å². The van der Waals surface area contributed by atoms with E-state index in [1.54, 1.807) is 13.8 Å². The van der Waals surface area contributed by atoms with E-state index >= 15 is 0 Å². The van der Waals surface area contributed by atoms with E-state index in [0.29, 0.717) is 0 Å². The summed E-state index contributed by atoms with van der Waals surface area (Å²) in [7, 11) is 0.